The van der Waals surface area contributed by atoms with Crippen LogP contribution in [0.4, 0.5) is 0 Å². The zero-order valence-electron chi connectivity index (χ0n) is 14.7. The molecule has 1 rings (SSSR count). The molecule has 0 spiro atoms. The van der Waals surface area contributed by atoms with Crippen molar-refractivity contribution in [2.75, 3.05) is 40.5 Å². The zero-order valence-corrected chi connectivity index (χ0v) is 14.7. The topological polar surface area (TPSA) is 114 Å². The van der Waals surface area contributed by atoms with Gasteiger partial charge in [-0.25, -0.2) is 0 Å². The first-order valence-electron chi connectivity index (χ1n) is 7.91. The molecule has 0 aromatic heterocycles. The van der Waals surface area contributed by atoms with Gasteiger partial charge in [-0.2, -0.15) is 0 Å². The first-order valence-corrected chi connectivity index (χ1v) is 7.91. The Balaban J connectivity index is 0.000000754. The zero-order chi connectivity index (χ0) is 18.4. The highest BCUT2D eigenvalue weighted by Crippen LogP contribution is 2.25. The first kappa shape index (κ1) is 22.3. The van der Waals surface area contributed by atoms with Gasteiger partial charge in [-0.1, -0.05) is 17.7 Å². The molecule has 0 aliphatic rings. The van der Waals surface area contributed by atoms with E-state index in [0.717, 1.165) is 25.1 Å². The molecule has 0 saturated heterocycles. The van der Waals surface area contributed by atoms with Crippen LogP contribution >= 0.6 is 0 Å². The van der Waals surface area contributed by atoms with Crippen LogP contribution in [0.25, 0.3) is 0 Å². The average Bonchev–Trinajstić information content (AvgIpc) is 2.56. The Morgan fingerprint density at radius 1 is 1.25 bits per heavy atom. The van der Waals surface area contributed by atoms with Crippen LogP contribution in [0.3, 0.4) is 0 Å². The number of rotatable bonds is 10. The summed E-state index contributed by atoms with van der Waals surface area (Å²) in [7, 11) is 3.27. The second-order valence-electron chi connectivity index (χ2n) is 5.27. The van der Waals surface area contributed by atoms with Crippen molar-refractivity contribution in [1.29, 1.82) is 0 Å². The third kappa shape index (κ3) is 9.46. The molecule has 0 aliphatic carbocycles. The van der Waals surface area contributed by atoms with Gasteiger partial charge < -0.3 is 30.7 Å². The van der Waals surface area contributed by atoms with E-state index in [1.54, 1.807) is 26.4 Å². The normalized spacial score (nSPS) is 11.5. The summed E-state index contributed by atoms with van der Waals surface area (Å²) >= 11 is 0. The van der Waals surface area contributed by atoms with Gasteiger partial charge in [-0.05, 0) is 38.9 Å². The highest BCUT2D eigenvalue weighted by molar-refractivity contribution is 5.76. The fraction of sp³-hybridized carbons (Fsp3) is 0.588. The number of aromatic hydroxyl groups is 1. The van der Waals surface area contributed by atoms with E-state index < -0.39 is 12.0 Å². The number of phenolic OH excluding ortho intramolecular Hbond substituents is 1. The minimum atomic E-state index is -1.01. The molecule has 0 amide bonds. The van der Waals surface area contributed by atoms with Crippen molar-refractivity contribution in [1.82, 2.24) is 5.32 Å². The average molecular weight is 342 g/mol. The summed E-state index contributed by atoms with van der Waals surface area (Å²) < 4.78 is 9.60. The maximum absolute atomic E-state index is 11.2. The summed E-state index contributed by atoms with van der Waals surface area (Å²) in [6.07, 6.45) is 1.68. The van der Waals surface area contributed by atoms with Gasteiger partial charge in [0.15, 0.2) is 0 Å². The molecule has 24 heavy (non-hydrogen) atoms. The predicted octanol–water partition coefficient (Wildman–Crippen LogP) is 1.43. The number of methoxy groups -OCH3 is 2. The Bertz CT molecular complexity index is 464. The molecule has 0 aliphatic heterocycles. The van der Waals surface area contributed by atoms with Crippen LogP contribution in [-0.4, -0.2) is 56.7 Å². The molecule has 138 valence electrons. The Labute approximate surface area is 143 Å². The van der Waals surface area contributed by atoms with Crippen molar-refractivity contribution in [2.45, 2.75) is 25.8 Å². The number of carbonyl (C=O) groups is 1. The molecule has 0 radical (unpaired) electrons. The van der Waals surface area contributed by atoms with Crippen LogP contribution in [0.1, 0.15) is 30.0 Å². The van der Waals surface area contributed by atoms with Gasteiger partial charge in [0.2, 0.25) is 0 Å². The lowest BCUT2D eigenvalue weighted by Crippen LogP contribution is -2.29. The largest absolute Gasteiger partial charge is 0.508 e. The van der Waals surface area contributed by atoms with Crippen molar-refractivity contribution in [2.24, 2.45) is 5.73 Å². The lowest BCUT2D eigenvalue weighted by molar-refractivity contribution is -0.139. The summed E-state index contributed by atoms with van der Waals surface area (Å²) in [5.74, 6) is -1.01. The van der Waals surface area contributed by atoms with E-state index in [0.29, 0.717) is 25.1 Å². The molecule has 0 bridgehead atoms. The Kier molecular flexibility index (Phi) is 12.8. The van der Waals surface area contributed by atoms with Crippen molar-refractivity contribution >= 4 is 5.97 Å². The lowest BCUT2D eigenvalue weighted by atomic mass is 10.0. The predicted molar refractivity (Wildman–Crippen MR) is 93.3 cm³/mol. The van der Waals surface area contributed by atoms with Gasteiger partial charge in [0.25, 0.3) is 0 Å². The second kappa shape index (κ2) is 13.7. The minimum Gasteiger partial charge on any atom is -0.508 e. The smallest absolute Gasteiger partial charge is 0.325 e. The van der Waals surface area contributed by atoms with E-state index in [4.69, 9.17) is 15.2 Å². The number of aliphatic carboxylic acids is 1. The number of carboxylic acid groups (broad SMARTS) is 1. The Hall–Kier alpha value is -1.67. The van der Waals surface area contributed by atoms with Crippen LogP contribution in [0.15, 0.2) is 18.2 Å². The van der Waals surface area contributed by atoms with E-state index in [1.165, 1.54) is 6.07 Å². The summed E-state index contributed by atoms with van der Waals surface area (Å²) in [5, 5.41) is 21.8. The van der Waals surface area contributed by atoms with Gasteiger partial charge in [0, 0.05) is 33.0 Å². The summed E-state index contributed by atoms with van der Waals surface area (Å²) in [4.78, 5) is 11.2. The molecule has 1 unspecified atom stereocenters. The van der Waals surface area contributed by atoms with Crippen LogP contribution < -0.4 is 11.1 Å². The van der Waals surface area contributed by atoms with Crippen LogP contribution in [0.2, 0.25) is 0 Å². The number of phenols is 1. The number of carboxylic acids is 1. The fourth-order valence-corrected chi connectivity index (χ4v) is 1.93. The number of aryl methyl sites for hydroxylation is 1. The van der Waals surface area contributed by atoms with Crippen LogP contribution in [0, 0.1) is 6.92 Å². The van der Waals surface area contributed by atoms with E-state index in [9.17, 15) is 15.0 Å². The highest BCUT2D eigenvalue weighted by Gasteiger charge is 2.22. The third-order valence-corrected chi connectivity index (χ3v) is 3.17. The third-order valence-electron chi connectivity index (χ3n) is 3.17. The monoisotopic (exact) mass is 342 g/mol. The number of nitrogens with one attached hydrogen (secondary N) is 1. The molecule has 0 heterocycles. The van der Waals surface area contributed by atoms with Gasteiger partial charge in [-0.15, -0.1) is 0 Å². The van der Waals surface area contributed by atoms with E-state index in [-0.39, 0.29) is 5.75 Å². The standard InChI is InChI=1S/C13H19NO4.C4H11NO/c1-9-4-5-11(15)10(8-9)12(13(16)17)14-6-3-7-18-2;1-6-4-2-3-5/h4-5,8,12,14-15H,3,6-7H2,1-2H3,(H,16,17);2-5H2,1H3. The number of hydrogen-bond acceptors (Lipinski definition) is 6. The maximum atomic E-state index is 11.2. The van der Waals surface area contributed by atoms with Crippen molar-refractivity contribution < 1.29 is 24.5 Å². The molecule has 0 fully saturated rings. The van der Waals surface area contributed by atoms with Gasteiger partial charge in [0.05, 0.1) is 0 Å². The van der Waals surface area contributed by atoms with Crippen molar-refractivity contribution in [3.8, 4) is 5.75 Å². The first-order chi connectivity index (χ1) is 11.5. The summed E-state index contributed by atoms with van der Waals surface area (Å²) in [5.41, 5.74) is 6.43. The van der Waals surface area contributed by atoms with Crippen molar-refractivity contribution in [3.05, 3.63) is 29.3 Å². The van der Waals surface area contributed by atoms with E-state index in [2.05, 4.69) is 5.32 Å². The molecule has 5 N–H and O–H groups in total. The SMILES string of the molecule is COCCCN.COCCCNC(C(=O)O)c1cc(C)ccc1O. The van der Waals surface area contributed by atoms with Crippen LogP contribution in [-0.2, 0) is 14.3 Å². The number of nitrogens with two attached hydrogens (primary N) is 1. The highest BCUT2D eigenvalue weighted by atomic mass is 16.5. The number of benzene rings is 1. The fourth-order valence-electron chi connectivity index (χ4n) is 1.93. The Morgan fingerprint density at radius 3 is 2.38 bits per heavy atom. The second-order valence-corrected chi connectivity index (χ2v) is 5.27. The number of hydrogen-bond donors (Lipinski definition) is 4. The molecule has 0 saturated carbocycles. The lowest BCUT2D eigenvalue weighted by Gasteiger charge is -2.16. The van der Waals surface area contributed by atoms with E-state index >= 15 is 0 Å². The minimum absolute atomic E-state index is 0.00718. The molecular formula is C17H30N2O5. The van der Waals surface area contributed by atoms with Gasteiger partial charge in [0.1, 0.15) is 11.8 Å². The van der Waals surface area contributed by atoms with Gasteiger partial charge in [-0.3, -0.25) is 4.79 Å². The molecular weight excluding hydrogens is 312 g/mol. The van der Waals surface area contributed by atoms with Crippen molar-refractivity contribution in [3.63, 3.8) is 0 Å². The van der Waals surface area contributed by atoms with E-state index in [1.807, 2.05) is 6.92 Å². The molecule has 1 aromatic rings. The quantitative estimate of drug-likeness (QED) is 0.476. The molecule has 1 aromatic carbocycles. The van der Waals surface area contributed by atoms with Gasteiger partial charge >= 0.3 is 5.97 Å². The number of ether oxygens (including phenoxy) is 2. The summed E-state index contributed by atoms with van der Waals surface area (Å²) in [6.45, 7) is 4.45. The maximum Gasteiger partial charge on any atom is 0.325 e. The summed E-state index contributed by atoms with van der Waals surface area (Å²) in [6, 6.07) is 4.03. The Morgan fingerprint density at radius 2 is 1.88 bits per heavy atom. The molecule has 7 nitrogen and oxygen atoms in total. The molecule has 1 atom stereocenters. The van der Waals surface area contributed by atoms with Crippen LogP contribution in [0.5, 0.6) is 5.75 Å². The molecule has 7 heteroatoms.